The molecule has 3 N–H and O–H groups in total. The molecule has 0 radical (unpaired) electrons. The molecule has 2 amide bonds. The highest BCUT2D eigenvalue weighted by Gasteiger charge is 2.30. The van der Waals surface area contributed by atoms with E-state index in [4.69, 9.17) is 0 Å². The average Bonchev–Trinajstić information content (AvgIpc) is 3.12. The molecule has 2 atom stereocenters. The predicted octanol–water partition coefficient (Wildman–Crippen LogP) is 2.69. The molecule has 2 aromatic rings. The number of halogens is 1. The van der Waals surface area contributed by atoms with Gasteiger partial charge in [0.1, 0.15) is 12.2 Å². The minimum atomic E-state index is -0.327. The van der Waals surface area contributed by atoms with E-state index >= 15 is 0 Å². The Hall–Kier alpha value is -2.77. The van der Waals surface area contributed by atoms with Gasteiger partial charge in [-0.05, 0) is 43.2 Å². The van der Waals surface area contributed by atoms with Crippen LogP contribution in [0.1, 0.15) is 29.2 Å². The summed E-state index contributed by atoms with van der Waals surface area (Å²) in [5.41, 5.74) is 10.0. The lowest BCUT2D eigenvalue weighted by Crippen LogP contribution is -2.36. The van der Waals surface area contributed by atoms with Gasteiger partial charge in [-0.1, -0.05) is 29.8 Å². The second kappa shape index (κ2) is 9.15. The third-order valence-corrected chi connectivity index (χ3v) is 5.22. The van der Waals surface area contributed by atoms with Crippen LogP contribution in [-0.4, -0.2) is 36.9 Å². The largest absolute Gasteiger partial charge is 0.345 e. The first-order valence-corrected chi connectivity index (χ1v) is 9.68. The molecule has 3 rings (SSSR count). The van der Waals surface area contributed by atoms with Gasteiger partial charge >= 0.3 is 0 Å². The van der Waals surface area contributed by atoms with Crippen molar-refractivity contribution in [2.75, 3.05) is 25.5 Å². The van der Waals surface area contributed by atoms with E-state index in [1.54, 1.807) is 24.1 Å². The Morgan fingerprint density at radius 2 is 1.90 bits per heavy atom. The normalized spacial score (nSPS) is 18.5. The topological polar surface area (TPSA) is 73.5 Å². The van der Waals surface area contributed by atoms with Crippen LogP contribution in [0.15, 0.2) is 42.5 Å². The zero-order chi connectivity index (χ0) is 21.0. The monoisotopic (exact) mass is 398 g/mol. The van der Waals surface area contributed by atoms with E-state index in [-0.39, 0.29) is 36.0 Å². The van der Waals surface area contributed by atoms with Crippen molar-refractivity contribution in [3.05, 3.63) is 65.0 Å². The van der Waals surface area contributed by atoms with Crippen molar-refractivity contribution >= 4 is 17.5 Å². The van der Waals surface area contributed by atoms with Crippen LogP contribution in [0, 0.1) is 25.6 Å². The first-order valence-electron chi connectivity index (χ1n) is 9.68. The summed E-state index contributed by atoms with van der Waals surface area (Å²) in [4.78, 5) is 26.4. The molecule has 0 saturated carbocycles. The highest BCUT2D eigenvalue weighted by atomic mass is 19.1. The average molecular weight is 398 g/mol. The zero-order valence-electron chi connectivity index (χ0n) is 17.0. The molecule has 0 bridgehead atoms. The lowest BCUT2D eigenvalue weighted by molar-refractivity contribution is -0.134. The molecular weight excluding hydrogens is 371 g/mol. The number of carbonyl (C=O) groups is 2. The third-order valence-electron chi connectivity index (χ3n) is 5.22. The standard InChI is InChI=1S/C22H27FN4O2/c1-14-4-9-19(15(2)10-14)25-20(28)11-21(29)27(3)13-17-12-24-26-22(17)16-5-7-18(23)8-6-16/h4-10,17,22,24,26H,11-13H2,1-3H3,(H,25,28). The van der Waals surface area contributed by atoms with Crippen LogP contribution in [0.3, 0.4) is 0 Å². The van der Waals surface area contributed by atoms with Gasteiger partial charge in [-0.3, -0.25) is 15.0 Å². The number of hydrogen-bond donors (Lipinski definition) is 3. The van der Waals surface area contributed by atoms with E-state index in [2.05, 4.69) is 16.2 Å². The van der Waals surface area contributed by atoms with E-state index in [0.29, 0.717) is 13.1 Å². The quantitative estimate of drug-likeness (QED) is 0.654. The van der Waals surface area contributed by atoms with Crippen LogP contribution < -0.4 is 16.2 Å². The van der Waals surface area contributed by atoms with Crippen molar-refractivity contribution in [2.24, 2.45) is 5.92 Å². The Balaban J connectivity index is 1.55. The molecule has 0 aliphatic carbocycles. The van der Waals surface area contributed by atoms with E-state index in [1.807, 2.05) is 32.0 Å². The first-order chi connectivity index (χ1) is 13.8. The molecule has 29 heavy (non-hydrogen) atoms. The molecular formula is C22H27FN4O2. The number of aryl methyl sites for hydroxylation is 2. The van der Waals surface area contributed by atoms with Gasteiger partial charge in [0.05, 0.1) is 6.04 Å². The van der Waals surface area contributed by atoms with E-state index in [1.165, 1.54) is 12.1 Å². The number of rotatable bonds is 6. The molecule has 1 aliphatic rings. The van der Waals surface area contributed by atoms with Crippen molar-refractivity contribution in [3.8, 4) is 0 Å². The Morgan fingerprint density at radius 1 is 1.17 bits per heavy atom. The van der Waals surface area contributed by atoms with Crippen LogP contribution in [0.2, 0.25) is 0 Å². The predicted molar refractivity (Wildman–Crippen MR) is 111 cm³/mol. The van der Waals surface area contributed by atoms with Gasteiger partial charge in [-0.2, -0.15) is 0 Å². The Labute approximate surface area is 170 Å². The number of hydrogen-bond acceptors (Lipinski definition) is 4. The fraction of sp³-hybridized carbons (Fsp3) is 0.364. The van der Waals surface area contributed by atoms with E-state index in [9.17, 15) is 14.0 Å². The van der Waals surface area contributed by atoms with Crippen molar-refractivity contribution in [1.29, 1.82) is 0 Å². The molecule has 1 heterocycles. The van der Waals surface area contributed by atoms with Crippen molar-refractivity contribution in [3.63, 3.8) is 0 Å². The maximum Gasteiger partial charge on any atom is 0.233 e. The summed E-state index contributed by atoms with van der Waals surface area (Å²) in [7, 11) is 1.70. The van der Waals surface area contributed by atoms with Gasteiger partial charge in [0, 0.05) is 31.7 Å². The minimum Gasteiger partial charge on any atom is -0.345 e. The van der Waals surface area contributed by atoms with Gasteiger partial charge in [0.25, 0.3) is 0 Å². The second-order valence-electron chi connectivity index (χ2n) is 7.63. The Kier molecular flexibility index (Phi) is 6.61. The van der Waals surface area contributed by atoms with Crippen molar-refractivity contribution in [2.45, 2.75) is 26.3 Å². The Morgan fingerprint density at radius 3 is 2.59 bits per heavy atom. The van der Waals surface area contributed by atoms with Gasteiger partial charge < -0.3 is 10.2 Å². The zero-order valence-corrected chi connectivity index (χ0v) is 17.0. The highest BCUT2D eigenvalue weighted by Crippen LogP contribution is 2.26. The summed E-state index contributed by atoms with van der Waals surface area (Å²) in [5, 5.41) is 2.81. The summed E-state index contributed by atoms with van der Waals surface area (Å²) in [6, 6.07) is 12.1. The molecule has 154 valence electrons. The van der Waals surface area contributed by atoms with Crippen LogP contribution in [0.5, 0.6) is 0 Å². The smallest absolute Gasteiger partial charge is 0.233 e. The van der Waals surface area contributed by atoms with Crippen molar-refractivity contribution in [1.82, 2.24) is 15.8 Å². The Bertz CT molecular complexity index is 885. The lowest BCUT2D eigenvalue weighted by atomic mass is 9.94. The number of hydrazine groups is 1. The van der Waals surface area contributed by atoms with Gasteiger partial charge in [-0.15, -0.1) is 0 Å². The fourth-order valence-electron chi connectivity index (χ4n) is 3.61. The van der Waals surface area contributed by atoms with Crippen LogP contribution in [0.25, 0.3) is 0 Å². The number of anilines is 1. The van der Waals surface area contributed by atoms with E-state index in [0.717, 1.165) is 22.4 Å². The SMILES string of the molecule is Cc1ccc(NC(=O)CC(=O)N(C)CC2CNNC2c2ccc(F)cc2)c(C)c1. The molecule has 0 spiro atoms. The summed E-state index contributed by atoms with van der Waals surface area (Å²) in [5.74, 6) is -0.737. The second-order valence-corrected chi connectivity index (χ2v) is 7.63. The lowest BCUT2D eigenvalue weighted by Gasteiger charge is -2.25. The molecule has 2 unspecified atom stereocenters. The summed E-state index contributed by atoms with van der Waals surface area (Å²) < 4.78 is 13.2. The minimum absolute atomic E-state index is 0.0325. The number of benzene rings is 2. The first kappa shape index (κ1) is 21.0. The summed E-state index contributed by atoms with van der Waals surface area (Å²) >= 11 is 0. The van der Waals surface area contributed by atoms with Gasteiger partial charge in [-0.25, -0.2) is 9.82 Å². The van der Waals surface area contributed by atoms with Gasteiger partial charge in [0.2, 0.25) is 11.8 Å². The third kappa shape index (κ3) is 5.40. The molecule has 1 fully saturated rings. The van der Waals surface area contributed by atoms with Crippen LogP contribution in [0.4, 0.5) is 10.1 Å². The molecule has 7 heteroatoms. The summed E-state index contributed by atoms with van der Waals surface area (Å²) in [6.07, 6.45) is -0.210. The van der Waals surface area contributed by atoms with E-state index < -0.39 is 0 Å². The number of amides is 2. The molecule has 1 aliphatic heterocycles. The molecule has 6 nitrogen and oxygen atoms in total. The molecule has 1 saturated heterocycles. The maximum absolute atomic E-state index is 13.2. The number of nitrogens with zero attached hydrogens (tertiary/aromatic N) is 1. The molecule has 0 aromatic heterocycles. The van der Waals surface area contributed by atoms with Crippen molar-refractivity contribution < 1.29 is 14.0 Å². The maximum atomic E-state index is 13.2. The highest BCUT2D eigenvalue weighted by molar-refractivity contribution is 6.03. The van der Waals surface area contributed by atoms with Crippen LogP contribution in [-0.2, 0) is 9.59 Å². The summed E-state index contributed by atoms with van der Waals surface area (Å²) in [6.45, 7) is 5.07. The van der Waals surface area contributed by atoms with Gasteiger partial charge in [0.15, 0.2) is 0 Å². The number of nitrogens with one attached hydrogen (secondary N) is 3. The molecule has 2 aromatic carbocycles. The fourth-order valence-corrected chi connectivity index (χ4v) is 3.61. The number of carbonyl (C=O) groups excluding carboxylic acids is 2. The van der Waals surface area contributed by atoms with Crippen LogP contribution >= 0.6 is 0 Å².